The first-order valence-corrected chi connectivity index (χ1v) is 9.47. The summed E-state index contributed by atoms with van der Waals surface area (Å²) in [6.07, 6.45) is 5.65. The first-order chi connectivity index (χ1) is 11.6. The number of amides is 2. The Bertz CT molecular complexity index is 552. The van der Waals surface area contributed by atoms with E-state index in [-0.39, 0.29) is 6.03 Å². The lowest BCUT2D eigenvalue weighted by Gasteiger charge is -2.37. The molecule has 0 saturated carbocycles. The van der Waals surface area contributed by atoms with Crippen LogP contribution >= 0.6 is 0 Å². The van der Waals surface area contributed by atoms with Crippen molar-refractivity contribution in [2.45, 2.75) is 64.6 Å². The molecule has 2 amide bonds. The molecule has 1 aromatic rings. The third kappa shape index (κ3) is 4.29. The van der Waals surface area contributed by atoms with Crippen molar-refractivity contribution in [1.29, 1.82) is 0 Å². The molecule has 0 radical (unpaired) electrons. The molecule has 0 aliphatic carbocycles. The number of carbonyl (C=O) groups excluding carboxylic acids is 1. The van der Waals surface area contributed by atoms with Gasteiger partial charge in [-0.2, -0.15) is 0 Å². The Labute approximate surface area is 146 Å². The number of nitrogens with one attached hydrogen (secondary N) is 1. The van der Waals surface area contributed by atoms with Crippen LogP contribution in [0.2, 0.25) is 0 Å². The largest absolute Gasteiger partial charge is 0.335 e. The van der Waals surface area contributed by atoms with E-state index in [2.05, 4.69) is 48.3 Å². The van der Waals surface area contributed by atoms with Crippen molar-refractivity contribution >= 4 is 6.03 Å². The number of likely N-dealkylation sites (tertiary alicyclic amines) is 2. The van der Waals surface area contributed by atoms with Gasteiger partial charge in [0.25, 0.3) is 0 Å². The lowest BCUT2D eigenvalue weighted by atomic mass is 10.0. The molecule has 2 aliphatic rings. The van der Waals surface area contributed by atoms with E-state index in [1.54, 1.807) is 0 Å². The van der Waals surface area contributed by atoms with E-state index in [0.29, 0.717) is 12.1 Å². The highest BCUT2D eigenvalue weighted by Gasteiger charge is 2.26. The summed E-state index contributed by atoms with van der Waals surface area (Å²) in [6.45, 7) is 8.42. The average molecular weight is 329 g/mol. The van der Waals surface area contributed by atoms with Gasteiger partial charge in [-0.3, -0.25) is 4.90 Å². The highest BCUT2D eigenvalue weighted by molar-refractivity contribution is 5.75. The summed E-state index contributed by atoms with van der Waals surface area (Å²) >= 11 is 0. The molecule has 24 heavy (non-hydrogen) atoms. The minimum atomic E-state index is 0.152. The second kappa shape index (κ2) is 8.02. The standard InChI is InChI=1S/C20H31N3O/c1-16-7-3-4-9-18(16)15-22-13-10-19(11-14-22)21-20(24)23-12-6-5-8-17(23)2/h3-4,7,9,17,19H,5-6,8,10-15H2,1-2H3,(H,21,24). The zero-order valence-corrected chi connectivity index (χ0v) is 15.1. The molecular formula is C20H31N3O. The third-order valence-electron chi connectivity index (χ3n) is 5.63. The van der Waals surface area contributed by atoms with Crippen LogP contribution in [-0.4, -0.2) is 47.5 Å². The Morgan fingerprint density at radius 3 is 2.58 bits per heavy atom. The Hall–Kier alpha value is -1.55. The molecule has 2 heterocycles. The van der Waals surface area contributed by atoms with Crippen LogP contribution in [0.3, 0.4) is 0 Å². The molecule has 0 bridgehead atoms. The van der Waals surface area contributed by atoms with Crippen molar-refractivity contribution in [3.63, 3.8) is 0 Å². The maximum atomic E-state index is 12.5. The van der Waals surface area contributed by atoms with Crippen LogP contribution in [0.1, 0.15) is 50.2 Å². The molecule has 4 heteroatoms. The third-order valence-corrected chi connectivity index (χ3v) is 5.63. The molecular weight excluding hydrogens is 298 g/mol. The highest BCUT2D eigenvalue weighted by atomic mass is 16.2. The van der Waals surface area contributed by atoms with Crippen molar-refractivity contribution in [3.8, 4) is 0 Å². The van der Waals surface area contributed by atoms with Gasteiger partial charge in [-0.15, -0.1) is 0 Å². The SMILES string of the molecule is Cc1ccccc1CN1CCC(NC(=O)N2CCCCC2C)CC1. The molecule has 132 valence electrons. The predicted molar refractivity (Wildman–Crippen MR) is 98.0 cm³/mol. The molecule has 2 fully saturated rings. The summed E-state index contributed by atoms with van der Waals surface area (Å²) in [5.41, 5.74) is 2.79. The number of aryl methyl sites for hydroxylation is 1. The van der Waals surface area contributed by atoms with E-state index in [1.165, 1.54) is 17.5 Å². The Morgan fingerprint density at radius 1 is 1.12 bits per heavy atom. The van der Waals surface area contributed by atoms with E-state index < -0.39 is 0 Å². The summed E-state index contributed by atoms with van der Waals surface area (Å²) in [5, 5.41) is 3.28. The van der Waals surface area contributed by atoms with E-state index in [9.17, 15) is 4.79 Å². The lowest BCUT2D eigenvalue weighted by molar-refractivity contribution is 0.143. The summed E-state index contributed by atoms with van der Waals surface area (Å²) in [5.74, 6) is 0. The molecule has 0 spiro atoms. The highest BCUT2D eigenvalue weighted by Crippen LogP contribution is 2.19. The van der Waals surface area contributed by atoms with Gasteiger partial charge < -0.3 is 10.2 Å². The molecule has 2 aliphatic heterocycles. The van der Waals surface area contributed by atoms with Gasteiger partial charge in [0.2, 0.25) is 0 Å². The van der Waals surface area contributed by atoms with Gasteiger partial charge in [-0.05, 0) is 57.1 Å². The zero-order valence-electron chi connectivity index (χ0n) is 15.1. The number of rotatable bonds is 3. The van der Waals surface area contributed by atoms with Crippen LogP contribution < -0.4 is 5.32 Å². The van der Waals surface area contributed by atoms with E-state index in [0.717, 1.165) is 51.9 Å². The maximum absolute atomic E-state index is 12.5. The van der Waals surface area contributed by atoms with Gasteiger partial charge >= 0.3 is 6.03 Å². The fraction of sp³-hybridized carbons (Fsp3) is 0.650. The number of nitrogens with zero attached hydrogens (tertiary/aromatic N) is 2. The fourth-order valence-electron chi connectivity index (χ4n) is 3.92. The molecule has 2 saturated heterocycles. The van der Waals surface area contributed by atoms with Crippen LogP contribution in [0.15, 0.2) is 24.3 Å². The van der Waals surface area contributed by atoms with Crippen LogP contribution in [0.25, 0.3) is 0 Å². The summed E-state index contributed by atoms with van der Waals surface area (Å²) in [7, 11) is 0. The fourth-order valence-corrected chi connectivity index (χ4v) is 3.92. The number of benzene rings is 1. The van der Waals surface area contributed by atoms with Crippen molar-refractivity contribution in [2.75, 3.05) is 19.6 Å². The average Bonchev–Trinajstić information content (AvgIpc) is 2.59. The van der Waals surface area contributed by atoms with Gasteiger partial charge in [0, 0.05) is 38.3 Å². The van der Waals surface area contributed by atoms with E-state index in [1.807, 2.05) is 4.90 Å². The monoisotopic (exact) mass is 329 g/mol. The summed E-state index contributed by atoms with van der Waals surface area (Å²) < 4.78 is 0. The topological polar surface area (TPSA) is 35.6 Å². The summed E-state index contributed by atoms with van der Waals surface area (Å²) in [6, 6.07) is 9.50. The van der Waals surface area contributed by atoms with Crippen molar-refractivity contribution < 1.29 is 4.79 Å². The van der Waals surface area contributed by atoms with E-state index in [4.69, 9.17) is 0 Å². The van der Waals surface area contributed by atoms with Gasteiger partial charge in [0.1, 0.15) is 0 Å². The quantitative estimate of drug-likeness (QED) is 0.920. The molecule has 1 unspecified atom stereocenters. The number of hydrogen-bond acceptors (Lipinski definition) is 2. The second-order valence-corrected chi connectivity index (χ2v) is 7.46. The number of urea groups is 1. The predicted octanol–water partition coefficient (Wildman–Crippen LogP) is 3.54. The minimum absolute atomic E-state index is 0.152. The lowest BCUT2D eigenvalue weighted by Crippen LogP contribution is -2.52. The van der Waals surface area contributed by atoms with Crippen molar-refractivity contribution in [1.82, 2.24) is 15.1 Å². The van der Waals surface area contributed by atoms with Crippen molar-refractivity contribution in [3.05, 3.63) is 35.4 Å². The number of carbonyl (C=O) groups is 1. The minimum Gasteiger partial charge on any atom is -0.335 e. The first kappa shape index (κ1) is 17.3. The molecule has 0 aromatic heterocycles. The van der Waals surface area contributed by atoms with Gasteiger partial charge in [0.05, 0.1) is 0 Å². The molecule has 4 nitrogen and oxygen atoms in total. The van der Waals surface area contributed by atoms with E-state index >= 15 is 0 Å². The maximum Gasteiger partial charge on any atom is 0.317 e. The van der Waals surface area contributed by atoms with Gasteiger partial charge in [0.15, 0.2) is 0 Å². The van der Waals surface area contributed by atoms with Crippen LogP contribution in [0, 0.1) is 6.92 Å². The normalized spacial score (nSPS) is 23.2. The second-order valence-electron chi connectivity index (χ2n) is 7.46. The van der Waals surface area contributed by atoms with Crippen molar-refractivity contribution in [2.24, 2.45) is 0 Å². The first-order valence-electron chi connectivity index (χ1n) is 9.47. The zero-order chi connectivity index (χ0) is 16.9. The molecule has 1 atom stereocenters. The van der Waals surface area contributed by atoms with Gasteiger partial charge in [-0.1, -0.05) is 24.3 Å². The Morgan fingerprint density at radius 2 is 1.88 bits per heavy atom. The molecule has 1 aromatic carbocycles. The summed E-state index contributed by atoms with van der Waals surface area (Å²) in [4.78, 5) is 17.0. The number of hydrogen-bond donors (Lipinski definition) is 1. The Kier molecular flexibility index (Phi) is 5.77. The van der Waals surface area contributed by atoms with Crippen LogP contribution in [0.5, 0.6) is 0 Å². The molecule has 1 N–H and O–H groups in total. The van der Waals surface area contributed by atoms with Crippen LogP contribution in [0.4, 0.5) is 4.79 Å². The van der Waals surface area contributed by atoms with Gasteiger partial charge in [-0.25, -0.2) is 4.79 Å². The smallest absolute Gasteiger partial charge is 0.317 e. The van der Waals surface area contributed by atoms with Crippen LogP contribution in [-0.2, 0) is 6.54 Å². The Balaban J connectivity index is 1.45. The molecule has 3 rings (SSSR count). The number of piperidine rings is 2.